The average Bonchev–Trinajstić information content (AvgIpc) is 3.05. The molecule has 2 aromatic rings. The first kappa shape index (κ1) is 14.7. The molecule has 8 nitrogen and oxygen atoms in total. The lowest BCUT2D eigenvalue weighted by molar-refractivity contribution is -0.605. The summed E-state index contributed by atoms with van der Waals surface area (Å²) in [6.07, 6.45) is 8.73. The number of carbonyl (C=O) groups is 1. The monoisotopic (exact) mass is 353 g/mol. The van der Waals surface area contributed by atoms with Crippen molar-refractivity contribution in [2.45, 2.75) is 43.6 Å². The molecule has 1 amide bonds. The van der Waals surface area contributed by atoms with Crippen LogP contribution >= 0.6 is 0 Å². The quantitative estimate of drug-likeness (QED) is 0.603. The molecule has 0 radical (unpaired) electrons. The van der Waals surface area contributed by atoms with Gasteiger partial charge in [0.15, 0.2) is 11.9 Å². The highest BCUT2D eigenvalue weighted by Gasteiger charge is 2.68. The molecule has 0 aliphatic heterocycles. The van der Waals surface area contributed by atoms with Crippen LogP contribution in [0.4, 0.5) is 0 Å². The second-order valence-corrected chi connectivity index (χ2v) is 8.63. The first-order valence-corrected chi connectivity index (χ1v) is 9.12. The SMILES string of the molecule is O=C(NC12CC(CO)(C1)C2)c1nn(-c2c[n+]([O-])ccn2)c2c1C[C@@H]1C[C@H]21. The number of hydrogen-bond acceptors (Lipinski definition) is 5. The van der Waals surface area contributed by atoms with Gasteiger partial charge in [0.25, 0.3) is 5.91 Å². The predicted molar refractivity (Wildman–Crippen MR) is 88.4 cm³/mol. The summed E-state index contributed by atoms with van der Waals surface area (Å²) >= 11 is 0. The van der Waals surface area contributed by atoms with E-state index in [1.165, 1.54) is 18.6 Å². The summed E-state index contributed by atoms with van der Waals surface area (Å²) in [5, 5.41) is 28.7. The van der Waals surface area contributed by atoms with Gasteiger partial charge in [0.1, 0.15) is 0 Å². The van der Waals surface area contributed by atoms with Crippen LogP contribution in [-0.2, 0) is 6.42 Å². The van der Waals surface area contributed by atoms with Crippen molar-refractivity contribution < 1.29 is 14.6 Å². The molecule has 2 bridgehead atoms. The third-order valence-corrected chi connectivity index (χ3v) is 6.71. The van der Waals surface area contributed by atoms with Gasteiger partial charge in [-0.2, -0.15) is 9.83 Å². The van der Waals surface area contributed by atoms with E-state index >= 15 is 0 Å². The fraction of sp³-hybridized carbons (Fsp3) is 0.556. The number of aromatic nitrogens is 4. The predicted octanol–water partition coefficient (Wildman–Crippen LogP) is 0.205. The summed E-state index contributed by atoms with van der Waals surface area (Å²) in [6.45, 7) is 0.201. The number of aliphatic hydroxyl groups is 1. The third kappa shape index (κ3) is 1.77. The van der Waals surface area contributed by atoms with Crippen LogP contribution in [0.1, 0.15) is 53.3 Å². The molecule has 7 rings (SSSR count). The lowest BCUT2D eigenvalue weighted by Crippen LogP contribution is -2.75. The minimum Gasteiger partial charge on any atom is -0.619 e. The van der Waals surface area contributed by atoms with Crippen LogP contribution in [0.15, 0.2) is 18.6 Å². The van der Waals surface area contributed by atoms with E-state index in [0.717, 1.165) is 43.4 Å². The lowest BCUT2D eigenvalue weighted by Gasteiger charge is -2.70. The Morgan fingerprint density at radius 3 is 3.00 bits per heavy atom. The molecule has 0 aromatic carbocycles. The molecular weight excluding hydrogens is 334 g/mol. The summed E-state index contributed by atoms with van der Waals surface area (Å²) in [4.78, 5) is 17.2. The van der Waals surface area contributed by atoms with E-state index in [9.17, 15) is 15.1 Å². The van der Waals surface area contributed by atoms with E-state index in [0.29, 0.717) is 28.1 Å². The number of carbonyl (C=O) groups excluding carboxylic acids is 1. The van der Waals surface area contributed by atoms with E-state index in [4.69, 9.17) is 0 Å². The Morgan fingerprint density at radius 1 is 1.46 bits per heavy atom. The molecule has 5 aliphatic carbocycles. The minimum absolute atomic E-state index is 0.0475. The zero-order chi connectivity index (χ0) is 17.7. The standard InChI is InChI=1S/C18H19N5O3/c24-9-17-6-18(7-17,8-17)20-16(25)14-12-4-10-3-11(10)15(12)23(21-14)13-5-22(26)2-1-19-13/h1-2,5,10-11,24H,3-4,6-9H2,(H,20,25)/t10-,11-,17?,18?/m0/s1. The van der Waals surface area contributed by atoms with Crippen molar-refractivity contribution in [1.29, 1.82) is 0 Å². The summed E-state index contributed by atoms with van der Waals surface area (Å²) in [7, 11) is 0. The molecule has 0 saturated heterocycles. The summed E-state index contributed by atoms with van der Waals surface area (Å²) in [5.41, 5.74) is 2.42. The Kier molecular flexibility index (Phi) is 2.50. The number of fused-ring (bicyclic) bond motifs is 3. The van der Waals surface area contributed by atoms with Gasteiger partial charge in [0.2, 0.25) is 12.0 Å². The van der Waals surface area contributed by atoms with Crippen molar-refractivity contribution in [2.24, 2.45) is 11.3 Å². The maximum atomic E-state index is 12.9. The van der Waals surface area contributed by atoms with Gasteiger partial charge in [-0.1, -0.05) is 0 Å². The Labute approximate surface area is 149 Å². The third-order valence-electron chi connectivity index (χ3n) is 6.71. The van der Waals surface area contributed by atoms with Gasteiger partial charge in [0.05, 0.1) is 11.9 Å². The van der Waals surface area contributed by atoms with Gasteiger partial charge >= 0.3 is 0 Å². The van der Waals surface area contributed by atoms with E-state index in [1.807, 2.05) is 0 Å². The van der Waals surface area contributed by atoms with Crippen molar-refractivity contribution >= 4 is 5.91 Å². The Morgan fingerprint density at radius 2 is 2.27 bits per heavy atom. The molecular formula is C18H19N5O3. The van der Waals surface area contributed by atoms with E-state index in [-0.39, 0.29) is 23.5 Å². The van der Waals surface area contributed by atoms with Crippen molar-refractivity contribution in [1.82, 2.24) is 20.1 Å². The fourth-order valence-electron chi connectivity index (χ4n) is 5.55. The topological polar surface area (TPSA) is 107 Å². The van der Waals surface area contributed by atoms with Crippen LogP contribution < -0.4 is 10.0 Å². The first-order valence-electron chi connectivity index (χ1n) is 9.12. The fourth-order valence-corrected chi connectivity index (χ4v) is 5.55. The average molecular weight is 353 g/mol. The number of hydrogen-bond donors (Lipinski definition) is 2. The van der Waals surface area contributed by atoms with E-state index in [1.54, 1.807) is 4.68 Å². The van der Waals surface area contributed by atoms with Crippen molar-refractivity contribution in [3.05, 3.63) is 40.7 Å². The van der Waals surface area contributed by atoms with Gasteiger partial charge in [-0.05, 0) is 38.0 Å². The normalized spacial score (nSPS) is 35.1. The van der Waals surface area contributed by atoms with E-state index in [2.05, 4.69) is 15.4 Å². The van der Waals surface area contributed by atoms with Crippen LogP contribution in [0.3, 0.4) is 0 Å². The molecule has 4 saturated carbocycles. The van der Waals surface area contributed by atoms with Gasteiger partial charge in [-0.3, -0.25) is 4.79 Å². The van der Waals surface area contributed by atoms with Gasteiger partial charge in [-0.25, -0.2) is 9.67 Å². The van der Waals surface area contributed by atoms with Crippen molar-refractivity contribution in [3.8, 4) is 5.82 Å². The second-order valence-electron chi connectivity index (χ2n) is 8.63. The Hall–Kier alpha value is -2.48. The molecule has 5 aliphatic rings. The molecule has 26 heavy (non-hydrogen) atoms. The highest BCUT2D eigenvalue weighted by molar-refractivity contribution is 5.95. The van der Waals surface area contributed by atoms with E-state index < -0.39 is 0 Å². The molecule has 0 unspecified atom stereocenters. The summed E-state index contributed by atoms with van der Waals surface area (Å²) < 4.78 is 2.39. The van der Waals surface area contributed by atoms with Crippen molar-refractivity contribution in [2.75, 3.05) is 6.61 Å². The Balaban J connectivity index is 1.35. The molecule has 8 heteroatoms. The number of amides is 1. The molecule has 0 spiro atoms. The van der Waals surface area contributed by atoms with Crippen LogP contribution in [-0.4, -0.2) is 37.9 Å². The number of rotatable bonds is 4. The molecule has 134 valence electrons. The van der Waals surface area contributed by atoms with Crippen LogP contribution in [0.25, 0.3) is 5.82 Å². The van der Waals surface area contributed by atoms with Crippen LogP contribution in [0.5, 0.6) is 0 Å². The maximum Gasteiger partial charge on any atom is 0.272 e. The second kappa shape index (κ2) is 4.43. The van der Waals surface area contributed by atoms with Crippen molar-refractivity contribution in [3.63, 3.8) is 0 Å². The zero-order valence-corrected chi connectivity index (χ0v) is 14.2. The largest absolute Gasteiger partial charge is 0.619 e. The lowest BCUT2D eigenvalue weighted by atomic mass is 9.39. The summed E-state index contributed by atoms with van der Waals surface area (Å²) in [6, 6.07) is 0. The van der Waals surface area contributed by atoms with Crippen LogP contribution in [0.2, 0.25) is 0 Å². The smallest absolute Gasteiger partial charge is 0.272 e. The molecule has 4 fully saturated rings. The maximum absolute atomic E-state index is 12.9. The van der Waals surface area contributed by atoms with Gasteiger partial charge < -0.3 is 15.6 Å². The number of nitrogens with zero attached hydrogens (tertiary/aromatic N) is 4. The summed E-state index contributed by atoms with van der Waals surface area (Å²) in [5.74, 6) is 1.33. The highest BCUT2D eigenvalue weighted by Crippen LogP contribution is 2.67. The first-order chi connectivity index (χ1) is 12.5. The Bertz CT molecular complexity index is 948. The molecule has 2 heterocycles. The number of nitrogens with one attached hydrogen (secondary N) is 1. The number of aliphatic hydroxyl groups excluding tert-OH is 1. The van der Waals surface area contributed by atoms with Gasteiger partial charge in [0, 0.05) is 29.0 Å². The molecule has 2 atom stereocenters. The molecule has 2 aromatic heterocycles. The molecule has 2 N–H and O–H groups in total. The van der Waals surface area contributed by atoms with Crippen LogP contribution in [0, 0.1) is 16.5 Å². The highest BCUT2D eigenvalue weighted by atomic mass is 16.5. The zero-order valence-electron chi connectivity index (χ0n) is 14.2. The van der Waals surface area contributed by atoms with Gasteiger partial charge in [-0.15, -0.1) is 0 Å². The minimum atomic E-state index is -0.152.